The summed E-state index contributed by atoms with van der Waals surface area (Å²) in [4.78, 5) is 28.4. The Balaban J connectivity index is 1.43. The fraction of sp³-hybridized carbons (Fsp3) is 0.0233. The van der Waals surface area contributed by atoms with Crippen LogP contribution in [-0.4, -0.2) is 11.6 Å². The lowest BCUT2D eigenvalue weighted by molar-refractivity contribution is -0.0811. The van der Waals surface area contributed by atoms with Crippen LogP contribution in [0.25, 0.3) is 38.2 Å². The molecule has 1 heterocycles. The minimum absolute atomic E-state index is 0.208. The summed E-state index contributed by atoms with van der Waals surface area (Å²) in [6.07, 6.45) is 1.46. The highest BCUT2D eigenvalue weighted by Crippen LogP contribution is 2.54. The summed E-state index contributed by atoms with van der Waals surface area (Å²) >= 11 is 3.70. The second kappa shape index (κ2) is 10.9. The molecule has 0 unspecified atom stereocenters. The van der Waals surface area contributed by atoms with Gasteiger partial charge < -0.3 is 9.47 Å². The third kappa shape index (κ3) is 4.28. The summed E-state index contributed by atoms with van der Waals surface area (Å²) in [5.41, 5.74) is 4.89. The van der Waals surface area contributed by atoms with E-state index in [1.165, 1.54) is 6.08 Å². The van der Waals surface area contributed by atoms with Gasteiger partial charge in [-0.05, 0) is 58.1 Å². The Morgan fingerprint density at radius 1 is 0.542 bits per heavy atom. The van der Waals surface area contributed by atoms with E-state index in [0.717, 1.165) is 37.3 Å². The molecule has 0 bridgehead atoms. The molecule has 5 heteroatoms. The van der Waals surface area contributed by atoms with Crippen LogP contribution in [0.3, 0.4) is 0 Å². The highest BCUT2D eigenvalue weighted by atomic mass is 79.9. The molecule has 0 N–H and O–H groups in total. The minimum Gasteiger partial charge on any atom is -0.444 e. The molecule has 0 radical (unpaired) electrons. The lowest BCUT2D eigenvalue weighted by Gasteiger charge is -2.34. The number of hydrogen-bond acceptors (Lipinski definition) is 4. The van der Waals surface area contributed by atoms with Crippen LogP contribution in [0.15, 0.2) is 156 Å². The van der Waals surface area contributed by atoms with E-state index in [0.29, 0.717) is 44.7 Å². The fourth-order valence-corrected chi connectivity index (χ4v) is 7.44. The van der Waals surface area contributed by atoms with Crippen LogP contribution < -0.4 is 9.47 Å². The average Bonchev–Trinajstić information content (AvgIpc) is 3.29. The van der Waals surface area contributed by atoms with E-state index in [4.69, 9.17) is 9.47 Å². The number of ether oxygens (including phenoxy) is 2. The van der Waals surface area contributed by atoms with Crippen LogP contribution >= 0.6 is 15.9 Å². The number of carbonyl (C=O) groups excluding carboxylic acids is 2. The molecule has 1 aliphatic heterocycles. The molecule has 7 aromatic rings. The predicted octanol–water partition coefficient (Wildman–Crippen LogP) is 10.6. The van der Waals surface area contributed by atoms with Crippen molar-refractivity contribution >= 4 is 54.6 Å². The number of Topliss-reactive ketones (excluding diaryl/α,β-unsaturated/α-hetero) is 1. The molecule has 0 saturated carbocycles. The van der Waals surface area contributed by atoms with Gasteiger partial charge in [-0.3, -0.25) is 9.59 Å². The fourth-order valence-electron chi connectivity index (χ4n) is 7.08. The number of ketones is 2. The van der Waals surface area contributed by atoms with Crippen molar-refractivity contribution in [3.05, 3.63) is 184 Å². The Kier molecular flexibility index (Phi) is 6.46. The molecule has 2 aliphatic rings. The smallest absolute Gasteiger partial charge is 0.305 e. The maximum atomic E-state index is 14.6. The lowest BCUT2D eigenvalue weighted by atomic mass is 9.80. The Hall–Kier alpha value is -5.78. The summed E-state index contributed by atoms with van der Waals surface area (Å²) < 4.78 is 15.3. The van der Waals surface area contributed by atoms with Gasteiger partial charge in [0.15, 0.2) is 11.6 Å². The molecule has 1 aliphatic carbocycles. The average molecular weight is 686 g/mol. The first kappa shape index (κ1) is 28.4. The zero-order chi connectivity index (χ0) is 32.4. The van der Waals surface area contributed by atoms with Crippen LogP contribution in [0.2, 0.25) is 0 Å². The molecule has 0 spiro atoms. The largest absolute Gasteiger partial charge is 0.444 e. The summed E-state index contributed by atoms with van der Waals surface area (Å²) in [5, 5.41) is 3.38. The van der Waals surface area contributed by atoms with E-state index in [1.807, 2.05) is 127 Å². The van der Waals surface area contributed by atoms with Gasteiger partial charge in [-0.2, -0.15) is 0 Å². The first-order valence-corrected chi connectivity index (χ1v) is 16.5. The Labute approximate surface area is 285 Å². The van der Waals surface area contributed by atoms with Gasteiger partial charge in [-0.1, -0.05) is 131 Å². The number of carbonyl (C=O) groups is 2. The monoisotopic (exact) mass is 684 g/mol. The van der Waals surface area contributed by atoms with Crippen LogP contribution in [0, 0.1) is 0 Å². The van der Waals surface area contributed by atoms with E-state index in [9.17, 15) is 9.59 Å². The molecular weight excluding hydrogens is 660 g/mol. The summed E-state index contributed by atoms with van der Waals surface area (Å²) in [7, 11) is 0. The van der Waals surface area contributed by atoms with E-state index in [1.54, 1.807) is 6.07 Å². The molecular formula is C43H25BrO4. The van der Waals surface area contributed by atoms with Gasteiger partial charge in [-0.15, -0.1) is 0 Å². The molecule has 0 aromatic heterocycles. The molecule has 9 rings (SSSR count). The van der Waals surface area contributed by atoms with Crippen molar-refractivity contribution in [2.24, 2.45) is 0 Å². The molecule has 0 saturated heterocycles. The number of rotatable bonds is 3. The third-order valence-corrected chi connectivity index (χ3v) is 9.75. The van der Waals surface area contributed by atoms with Gasteiger partial charge in [0.05, 0.1) is 0 Å². The van der Waals surface area contributed by atoms with E-state index >= 15 is 0 Å². The Morgan fingerprint density at radius 2 is 1.10 bits per heavy atom. The molecule has 48 heavy (non-hydrogen) atoms. The van der Waals surface area contributed by atoms with E-state index in [2.05, 4.69) is 28.1 Å². The third-order valence-electron chi connectivity index (χ3n) is 9.26. The Morgan fingerprint density at radius 3 is 1.77 bits per heavy atom. The molecule has 228 valence electrons. The second-order valence-electron chi connectivity index (χ2n) is 12.0. The first-order chi connectivity index (χ1) is 23.5. The lowest BCUT2D eigenvalue weighted by Crippen LogP contribution is -2.40. The van der Waals surface area contributed by atoms with Crippen LogP contribution in [-0.2, 0) is 5.79 Å². The van der Waals surface area contributed by atoms with Crippen molar-refractivity contribution < 1.29 is 19.1 Å². The SMILES string of the molecule is O=C1C=C(c2ccccc2)C(=O)c2c1ccc1ccc3c(c21)-c1c(ccc2ccc(Br)cc12)OC(c1ccccc1)(c1ccccc1)O3. The van der Waals surface area contributed by atoms with E-state index < -0.39 is 5.79 Å². The number of fused-ring (bicyclic) bond motifs is 9. The molecule has 0 amide bonds. The number of hydrogen-bond donors (Lipinski definition) is 0. The summed E-state index contributed by atoms with van der Waals surface area (Å²) in [6.45, 7) is 0. The van der Waals surface area contributed by atoms with Crippen molar-refractivity contribution in [2.75, 3.05) is 0 Å². The van der Waals surface area contributed by atoms with Crippen LogP contribution in [0.5, 0.6) is 11.5 Å². The van der Waals surface area contributed by atoms with Gasteiger partial charge >= 0.3 is 5.79 Å². The number of allylic oxidation sites excluding steroid dienone is 2. The first-order valence-electron chi connectivity index (χ1n) is 15.7. The van der Waals surface area contributed by atoms with Gasteiger partial charge in [0, 0.05) is 48.8 Å². The van der Waals surface area contributed by atoms with Gasteiger partial charge in [0.25, 0.3) is 0 Å². The Bertz CT molecular complexity index is 2450. The van der Waals surface area contributed by atoms with Gasteiger partial charge in [-0.25, -0.2) is 0 Å². The molecule has 0 atom stereocenters. The zero-order valence-corrected chi connectivity index (χ0v) is 27.0. The summed E-state index contributed by atoms with van der Waals surface area (Å²) in [5.74, 6) is -0.672. The highest BCUT2D eigenvalue weighted by Gasteiger charge is 2.44. The zero-order valence-electron chi connectivity index (χ0n) is 25.4. The van der Waals surface area contributed by atoms with Crippen molar-refractivity contribution in [1.29, 1.82) is 0 Å². The number of benzene rings is 7. The van der Waals surface area contributed by atoms with Gasteiger partial charge in [0.2, 0.25) is 0 Å². The predicted molar refractivity (Wildman–Crippen MR) is 193 cm³/mol. The normalized spacial score (nSPS) is 14.6. The minimum atomic E-state index is -1.38. The highest BCUT2D eigenvalue weighted by molar-refractivity contribution is 9.10. The van der Waals surface area contributed by atoms with Gasteiger partial charge in [0.1, 0.15) is 11.5 Å². The molecule has 4 nitrogen and oxygen atoms in total. The van der Waals surface area contributed by atoms with Crippen molar-refractivity contribution in [3.8, 4) is 22.6 Å². The quantitative estimate of drug-likeness (QED) is 0.186. The summed E-state index contributed by atoms with van der Waals surface area (Å²) in [6, 6.07) is 46.9. The van der Waals surface area contributed by atoms with Crippen LogP contribution in [0.1, 0.15) is 37.4 Å². The van der Waals surface area contributed by atoms with Crippen molar-refractivity contribution in [2.45, 2.75) is 5.79 Å². The number of halogens is 1. The molecule has 7 aromatic carbocycles. The maximum Gasteiger partial charge on any atom is 0.305 e. The van der Waals surface area contributed by atoms with Crippen LogP contribution in [0.4, 0.5) is 0 Å². The van der Waals surface area contributed by atoms with Crippen molar-refractivity contribution in [3.63, 3.8) is 0 Å². The topological polar surface area (TPSA) is 52.6 Å². The molecule has 0 fully saturated rings. The van der Waals surface area contributed by atoms with E-state index in [-0.39, 0.29) is 11.6 Å². The maximum absolute atomic E-state index is 14.6. The second-order valence-corrected chi connectivity index (χ2v) is 12.9. The van der Waals surface area contributed by atoms with Crippen molar-refractivity contribution in [1.82, 2.24) is 0 Å². The standard InChI is InChI=1S/C43H25BrO4/c44-31-20-16-27-18-22-36-39(33(27)24-31)41-37(48-43(47-36,29-12-6-2-7-13-29)30-14-8-3-9-15-30)23-19-28-17-21-32-35(45)25-34(26-10-4-1-5-11-26)42(46)40(32)38(28)41/h1-25H.